The molecule has 0 bridgehead atoms. The molecule has 1 saturated carbocycles. The summed E-state index contributed by atoms with van der Waals surface area (Å²) < 4.78 is 5.50. The highest BCUT2D eigenvalue weighted by Crippen LogP contribution is 2.38. The van der Waals surface area contributed by atoms with E-state index in [-0.39, 0.29) is 17.5 Å². The zero-order valence-corrected chi connectivity index (χ0v) is 14.5. The fourth-order valence-electron chi connectivity index (χ4n) is 3.93. The van der Waals surface area contributed by atoms with Gasteiger partial charge in [0.25, 0.3) is 5.91 Å². The topological polar surface area (TPSA) is 80.5 Å². The van der Waals surface area contributed by atoms with Gasteiger partial charge in [-0.05, 0) is 19.8 Å². The molecule has 1 aromatic heterocycles. The second kappa shape index (κ2) is 7.25. The van der Waals surface area contributed by atoms with Gasteiger partial charge in [0.15, 0.2) is 0 Å². The first-order valence-electron chi connectivity index (χ1n) is 8.44. The Kier molecular flexibility index (Phi) is 5.31. The van der Waals surface area contributed by atoms with E-state index in [2.05, 4.69) is 22.1 Å². The molecule has 2 aliphatic rings. The fourth-order valence-corrected chi connectivity index (χ4v) is 4.59. The molecule has 1 atom stereocenters. The van der Waals surface area contributed by atoms with Crippen LogP contribution in [-0.4, -0.2) is 53.7 Å². The van der Waals surface area contributed by atoms with E-state index in [0.29, 0.717) is 12.2 Å². The number of amides is 1. The molecule has 1 saturated heterocycles. The van der Waals surface area contributed by atoms with Gasteiger partial charge in [-0.1, -0.05) is 12.8 Å². The van der Waals surface area contributed by atoms with Crippen LogP contribution in [0.25, 0.3) is 0 Å². The average molecular weight is 338 g/mol. The van der Waals surface area contributed by atoms with E-state index in [1.54, 1.807) is 5.38 Å². The number of nitrogens with zero attached hydrogens (tertiary/aromatic N) is 2. The predicted octanol–water partition coefficient (Wildman–Crippen LogP) is 1.37. The zero-order chi connectivity index (χ0) is 16.3. The highest BCUT2D eigenvalue weighted by molar-refractivity contribution is 7.09. The van der Waals surface area contributed by atoms with Gasteiger partial charge in [-0.2, -0.15) is 0 Å². The van der Waals surface area contributed by atoms with Crippen LogP contribution in [0.4, 0.5) is 0 Å². The van der Waals surface area contributed by atoms with Crippen LogP contribution in [0.3, 0.4) is 0 Å². The van der Waals surface area contributed by atoms with Crippen molar-refractivity contribution >= 4 is 17.2 Å². The van der Waals surface area contributed by atoms with Gasteiger partial charge in [-0.25, -0.2) is 4.98 Å². The third-order valence-corrected chi connectivity index (χ3v) is 6.09. The normalized spacial score (nSPS) is 22.9. The summed E-state index contributed by atoms with van der Waals surface area (Å²) in [6.45, 7) is 5.99. The molecule has 2 heterocycles. The first-order chi connectivity index (χ1) is 11.2. The quantitative estimate of drug-likeness (QED) is 0.847. The Morgan fingerprint density at radius 3 is 2.78 bits per heavy atom. The van der Waals surface area contributed by atoms with Gasteiger partial charge in [0, 0.05) is 36.6 Å². The fraction of sp³-hybridized carbons (Fsp3) is 0.750. The lowest BCUT2D eigenvalue weighted by atomic mass is 9.86. The van der Waals surface area contributed by atoms with E-state index < -0.39 is 0 Å². The number of nitrogens with one attached hydrogen (secondary N) is 1. The van der Waals surface area contributed by atoms with Crippen molar-refractivity contribution in [1.29, 1.82) is 0 Å². The van der Waals surface area contributed by atoms with E-state index in [9.17, 15) is 4.79 Å². The van der Waals surface area contributed by atoms with Crippen molar-refractivity contribution in [2.75, 3.05) is 26.3 Å². The van der Waals surface area contributed by atoms with Crippen molar-refractivity contribution in [1.82, 2.24) is 15.2 Å². The van der Waals surface area contributed by atoms with Crippen molar-refractivity contribution < 1.29 is 9.53 Å². The monoisotopic (exact) mass is 338 g/mol. The smallest absolute Gasteiger partial charge is 0.271 e. The molecule has 1 amide bonds. The number of hydrogen-bond donors (Lipinski definition) is 2. The first kappa shape index (κ1) is 16.8. The number of rotatable bonds is 5. The van der Waals surface area contributed by atoms with Gasteiger partial charge in [0.1, 0.15) is 10.7 Å². The van der Waals surface area contributed by atoms with Gasteiger partial charge in [-0.15, -0.1) is 11.3 Å². The molecule has 1 aromatic rings. The molecule has 6 nitrogen and oxygen atoms in total. The molecule has 2 fully saturated rings. The number of carbonyl (C=O) groups excluding carboxylic acids is 1. The summed E-state index contributed by atoms with van der Waals surface area (Å²) in [7, 11) is 0. The molecule has 0 aromatic carbocycles. The Labute approximate surface area is 141 Å². The van der Waals surface area contributed by atoms with Gasteiger partial charge in [-0.3, -0.25) is 9.69 Å². The standard InChI is InChI=1S/C16H26N4O2S/c1-12(18-15(21)13-11-23-14(10-17)19-13)16(4-2-3-5-16)20-6-8-22-9-7-20/h11-12H,2-10,17H2,1H3,(H,18,21). The molecule has 7 heteroatoms. The second-order valence-electron chi connectivity index (χ2n) is 6.44. The summed E-state index contributed by atoms with van der Waals surface area (Å²) in [5.74, 6) is -0.0898. The van der Waals surface area contributed by atoms with E-state index in [1.165, 1.54) is 24.2 Å². The van der Waals surface area contributed by atoms with Crippen molar-refractivity contribution in [3.8, 4) is 0 Å². The molecule has 1 aliphatic heterocycles. The molecule has 1 aliphatic carbocycles. The molecule has 1 unspecified atom stereocenters. The number of morpholine rings is 1. The highest BCUT2D eigenvalue weighted by Gasteiger charge is 2.45. The van der Waals surface area contributed by atoms with Crippen LogP contribution in [-0.2, 0) is 11.3 Å². The van der Waals surface area contributed by atoms with E-state index >= 15 is 0 Å². The van der Waals surface area contributed by atoms with E-state index in [4.69, 9.17) is 10.5 Å². The summed E-state index contributed by atoms with van der Waals surface area (Å²) in [5.41, 5.74) is 6.13. The van der Waals surface area contributed by atoms with Crippen LogP contribution in [0.2, 0.25) is 0 Å². The van der Waals surface area contributed by atoms with Crippen molar-refractivity contribution in [3.63, 3.8) is 0 Å². The van der Waals surface area contributed by atoms with Crippen LogP contribution >= 0.6 is 11.3 Å². The molecule has 3 N–H and O–H groups in total. The second-order valence-corrected chi connectivity index (χ2v) is 7.38. The molecule has 3 rings (SSSR count). The van der Waals surface area contributed by atoms with E-state index in [0.717, 1.165) is 44.2 Å². The largest absolute Gasteiger partial charge is 0.379 e. The van der Waals surface area contributed by atoms with E-state index in [1.807, 2.05) is 0 Å². The lowest BCUT2D eigenvalue weighted by Crippen LogP contribution is -2.62. The summed E-state index contributed by atoms with van der Waals surface area (Å²) in [5, 5.41) is 5.79. The molecule has 0 radical (unpaired) electrons. The van der Waals surface area contributed by atoms with Gasteiger partial charge >= 0.3 is 0 Å². The number of aromatic nitrogens is 1. The lowest BCUT2D eigenvalue weighted by molar-refractivity contribution is -0.0323. The highest BCUT2D eigenvalue weighted by atomic mass is 32.1. The molecule has 128 valence electrons. The van der Waals surface area contributed by atoms with Crippen LogP contribution in [0, 0.1) is 0 Å². The minimum atomic E-state index is -0.0898. The Bertz CT molecular complexity index is 536. The predicted molar refractivity (Wildman–Crippen MR) is 90.5 cm³/mol. The Morgan fingerprint density at radius 1 is 1.48 bits per heavy atom. The Balaban J connectivity index is 1.70. The molecule has 23 heavy (non-hydrogen) atoms. The van der Waals surface area contributed by atoms with Gasteiger partial charge < -0.3 is 15.8 Å². The molecule has 0 spiro atoms. The van der Waals surface area contributed by atoms with Crippen LogP contribution in [0.1, 0.15) is 48.1 Å². The Morgan fingerprint density at radius 2 is 2.17 bits per heavy atom. The van der Waals surface area contributed by atoms with Crippen LogP contribution in [0.15, 0.2) is 5.38 Å². The third kappa shape index (κ3) is 3.42. The van der Waals surface area contributed by atoms with Gasteiger partial charge in [0.05, 0.1) is 13.2 Å². The number of carbonyl (C=O) groups is 1. The summed E-state index contributed by atoms with van der Waals surface area (Å²) in [6.07, 6.45) is 4.73. The minimum Gasteiger partial charge on any atom is -0.379 e. The SMILES string of the molecule is CC(NC(=O)c1csc(CN)n1)C1(N2CCOCC2)CCCC1. The number of nitrogens with two attached hydrogens (primary N) is 1. The Hall–Kier alpha value is -1.02. The maximum absolute atomic E-state index is 12.5. The lowest BCUT2D eigenvalue weighted by Gasteiger charge is -2.47. The van der Waals surface area contributed by atoms with Crippen molar-refractivity contribution in [2.24, 2.45) is 5.73 Å². The average Bonchev–Trinajstić information content (AvgIpc) is 3.25. The van der Waals surface area contributed by atoms with Gasteiger partial charge in [0.2, 0.25) is 0 Å². The number of ether oxygens (including phenoxy) is 1. The summed E-state index contributed by atoms with van der Waals surface area (Å²) in [6, 6.07) is 0.0960. The zero-order valence-electron chi connectivity index (χ0n) is 13.7. The third-order valence-electron chi connectivity index (χ3n) is 5.22. The molecular formula is C16H26N4O2S. The van der Waals surface area contributed by atoms with Crippen molar-refractivity contribution in [2.45, 2.75) is 50.7 Å². The van der Waals surface area contributed by atoms with Crippen LogP contribution < -0.4 is 11.1 Å². The maximum atomic E-state index is 12.5. The number of hydrogen-bond acceptors (Lipinski definition) is 6. The summed E-state index contributed by atoms with van der Waals surface area (Å²) >= 11 is 1.44. The summed E-state index contributed by atoms with van der Waals surface area (Å²) in [4.78, 5) is 19.3. The molecular weight excluding hydrogens is 312 g/mol. The first-order valence-corrected chi connectivity index (χ1v) is 9.32. The van der Waals surface area contributed by atoms with Crippen molar-refractivity contribution in [3.05, 3.63) is 16.1 Å². The van der Waals surface area contributed by atoms with Crippen LogP contribution in [0.5, 0.6) is 0 Å². The maximum Gasteiger partial charge on any atom is 0.271 e. The minimum absolute atomic E-state index is 0.0617. The number of thiazole rings is 1.